The van der Waals surface area contributed by atoms with E-state index < -0.39 is 111 Å². The van der Waals surface area contributed by atoms with Crippen molar-refractivity contribution in [3.05, 3.63) is 108 Å². The van der Waals surface area contributed by atoms with Crippen molar-refractivity contribution >= 4 is 58.4 Å². The standard InChI is InChI=1S/C59H83NO12Si2/c1-14-22-31-48(62)60-44(33-32-41-27-24-23-25-28-41)51(72-74(19-6,20-7)21-8)56(65)69-46-36-59(66)54(70-55(64)42-30-26-29-40(15-2)34-42)50-43-37-67-45(43)35-47(71-73(16-3,17-4)18-5)58(50,13)53(63)52(68-39(10)61)49(38(46)9)57(59,11)12/h14-15,23-30,32-34,43-47,50-52,54,66H,1-2,16-22,31,35-37H2,3-13H3,(H,60,62)/b33-32+/t43-,44+,45-,46+,47+,50+,51-,52-,54+,58-,59-/m1/s1. The maximum absolute atomic E-state index is 16.4. The fraction of sp³-hybridized carbons (Fsp3) is 0.576. The van der Waals surface area contributed by atoms with E-state index in [1.54, 1.807) is 57.2 Å². The zero-order chi connectivity index (χ0) is 54.4. The number of esters is 3. The molecular weight excluding hydrogens is 971 g/mol. The molecule has 6 rings (SSSR count). The third-order valence-corrected chi connectivity index (χ3v) is 27.0. The quantitative estimate of drug-likeness (QED) is 0.0467. The monoisotopic (exact) mass is 1050 g/mol. The van der Waals surface area contributed by atoms with Gasteiger partial charge in [0.1, 0.15) is 17.8 Å². The second-order valence-electron chi connectivity index (χ2n) is 21.7. The van der Waals surface area contributed by atoms with Crippen molar-refractivity contribution in [2.75, 3.05) is 6.61 Å². The predicted molar refractivity (Wildman–Crippen MR) is 293 cm³/mol. The number of amides is 1. The zero-order valence-corrected chi connectivity index (χ0v) is 47.8. The van der Waals surface area contributed by atoms with E-state index in [4.69, 9.17) is 27.8 Å². The first-order valence-electron chi connectivity index (χ1n) is 27.0. The zero-order valence-electron chi connectivity index (χ0n) is 45.8. The second-order valence-corrected chi connectivity index (χ2v) is 31.1. The van der Waals surface area contributed by atoms with Crippen LogP contribution in [0.4, 0.5) is 0 Å². The highest BCUT2D eigenvalue weighted by Crippen LogP contribution is 2.63. The molecule has 3 fully saturated rings. The fourth-order valence-electron chi connectivity index (χ4n) is 12.5. The molecule has 1 heterocycles. The maximum atomic E-state index is 16.4. The lowest BCUT2D eigenvalue weighted by molar-refractivity contribution is -0.275. The van der Waals surface area contributed by atoms with Crippen molar-refractivity contribution in [1.82, 2.24) is 5.32 Å². The van der Waals surface area contributed by atoms with Crippen LogP contribution in [0.15, 0.2) is 91.1 Å². The minimum absolute atomic E-state index is 0.121. The Morgan fingerprint density at radius 3 is 2.08 bits per heavy atom. The van der Waals surface area contributed by atoms with Gasteiger partial charge in [0.25, 0.3) is 0 Å². The van der Waals surface area contributed by atoms with Gasteiger partial charge in [0, 0.05) is 37.0 Å². The smallest absolute Gasteiger partial charge is 0.338 e. The first-order chi connectivity index (χ1) is 35.1. The summed E-state index contributed by atoms with van der Waals surface area (Å²) in [5.41, 5.74) is -2.74. The molecule has 2 aromatic rings. The van der Waals surface area contributed by atoms with Gasteiger partial charge in [-0.05, 0) is 97.4 Å². The molecule has 74 heavy (non-hydrogen) atoms. The van der Waals surface area contributed by atoms with Crippen LogP contribution in [0.5, 0.6) is 0 Å². The number of rotatable bonds is 23. The van der Waals surface area contributed by atoms with Crippen LogP contribution < -0.4 is 5.32 Å². The number of ketones is 1. The van der Waals surface area contributed by atoms with E-state index in [1.165, 1.54) is 6.92 Å². The molecule has 2 saturated carbocycles. The normalized spacial score (nSPS) is 28.3. The Morgan fingerprint density at radius 1 is 0.878 bits per heavy atom. The lowest BCUT2D eigenvalue weighted by atomic mass is 9.46. The van der Waals surface area contributed by atoms with Gasteiger partial charge in [-0.2, -0.15) is 0 Å². The average molecular weight is 1050 g/mol. The van der Waals surface area contributed by atoms with Crippen LogP contribution in [0.1, 0.15) is 123 Å². The van der Waals surface area contributed by atoms with E-state index >= 15 is 9.59 Å². The summed E-state index contributed by atoms with van der Waals surface area (Å²) in [5, 5.41) is 17.4. The van der Waals surface area contributed by atoms with E-state index in [9.17, 15) is 19.5 Å². The number of carbonyl (C=O) groups excluding carboxylic acids is 5. The minimum atomic E-state index is -2.67. The summed E-state index contributed by atoms with van der Waals surface area (Å²) in [4.78, 5) is 74.0. The van der Waals surface area contributed by atoms with Gasteiger partial charge in [-0.1, -0.05) is 129 Å². The summed E-state index contributed by atoms with van der Waals surface area (Å²) in [5.74, 6) is -4.37. The third-order valence-electron chi connectivity index (χ3n) is 17.8. The number of allylic oxidation sites excluding steroid dienone is 1. The van der Waals surface area contributed by atoms with Gasteiger partial charge in [0.05, 0.1) is 35.8 Å². The lowest BCUT2D eigenvalue weighted by Crippen LogP contribution is -2.75. The van der Waals surface area contributed by atoms with Crippen LogP contribution in [-0.4, -0.2) is 106 Å². The van der Waals surface area contributed by atoms with Gasteiger partial charge < -0.3 is 38.2 Å². The van der Waals surface area contributed by atoms with E-state index in [1.807, 2.05) is 70.2 Å². The molecule has 4 aliphatic rings. The Morgan fingerprint density at radius 2 is 1.51 bits per heavy atom. The van der Waals surface area contributed by atoms with Crippen molar-refractivity contribution in [1.29, 1.82) is 0 Å². The van der Waals surface area contributed by atoms with Gasteiger partial charge in [-0.3, -0.25) is 14.4 Å². The molecule has 1 saturated heterocycles. The van der Waals surface area contributed by atoms with Crippen molar-refractivity contribution in [2.45, 2.75) is 186 Å². The van der Waals surface area contributed by atoms with Crippen LogP contribution in [-0.2, 0) is 47.0 Å². The molecule has 15 heteroatoms. The Labute approximate surface area is 442 Å². The van der Waals surface area contributed by atoms with Gasteiger partial charge >= 0.3 is 17.9 Å². The molecular formula is C59H83NO12Si2. The van der Waals surface area contributed by atoms with Crippen LogP contribution in [0.25, 0.3) is 12.2 Å². The second kappa shape index (κ2) is 24.0. The lowest BCUT2D eigenvalue weighted by Gasteiger charge is -2.65. The first-order valence-corrected chi connectivity index (χ1v) is 32.1. The first kappa shape index (κ1) is 58.5. The Bertz CT molecular complexity index is 2430. The molecule has 0 spiro atoms. The highest BCUT2D eigenvalue weighted by Gasteiger charge is 2.73. The summed E-state index contributed by atoms with van der Waals surface area (Å²) >= 11 is 0. The summed E-state index contributed by atoms with van der Waals surface area (Å²) in [6.07, 6.45) is 0.667. The number of ether oxygens (including phenoxy) is 4. The predicted octanol–water partition coefficient (Wildman–Crippen LogP) is 10.7. The molecule has 3 aliphatic carbocycles. The van der Waals surface area contributed by atoms with E-state index in [0.717, 1.165) is 23.7 Å². The van der Waals surface area contributed by atoms with Crippen molar-refractivity contribution in [2.24, 2.45) is 22.7 Å². The van der Waals surface area contributed by atoms with Gasteiger partial charge in [-0.25, -0.2) is 9.59 Å². The number of hydrogen-bond acceptors (Lipinski definition) is 12. The number of carbonyl (C=O) groups is 5. The minimum Gasteiger partial charge on any atom is -0.456 e. The SMILES string of the molecule is C=CCCC(=O)N[C@@H](/C=C/c1ccccc1)[C@@H](O[Si](CC)(CC)CC)C(=O)O[C@H]1C[C@@]2(O)[C@@H](OC(=O)c3cccc(C=C)c3)[C@@H]3[C@@H]4CO[C@@H]4C[C@H](O[Si](CC)(CC)CC)[C@@]3(C)C(=O)[C@H](OC(C)=O)C(=C1C)C2(C)C. The third kappa shape index (κ3) is 11.3. The molecule has 13 nitrogen and oxygen atoms in total. The summed E-state index contributed by atoms with van der Waals surface area (Å²) in [6, 6.07) is 19.7. The molecule has 0 unspecified atom stereocenters. The van der Waals surface area contributed by atoms with Crippen LogP contribution >= 0.6 is 0 Å². The highest BCUT2D eigenvalue weighted by atomic mass is 28.4. The van der Waals surface area contributed by atoms with Gasteiger partial charge in [0.15, 0.2) is 34.6 Å². The van der Waals surface area contributed by atoms with Gasteiger partial charge in [-0.15, -0.1) is 6.58 Å². The average Bonchev–Trinajstić information content (AvgIpc) is 3.38. The molecule has 0 aromatic heterocycles. The van der Waals surface area contributed by atoms with Gasteiger partial charge in [0.2, 0.25) is 5.91 Å². The Kier molecular flexibility index (Phi) is 19.0. The van der Waals surface area contributed by atoms with Crippen LogP contribution in [0, 0.1) is 22.7 Å². The number of Topliss-reactive ketones (excluding diaryl/α,β-unsaturated/α-hetero) is 1. The number of fused-ring (bicyclic) bond motifs is 5. The van der Waals surface area contributed by atoms with E-state index in [0.29, 0.717) is 42.1 Å². The molecule has 1 aliphatic heterocycles. The summed E-state index contributed by atoms with van der Waals surface area (Å²) < 4.78 is 40.6. The van der Waals surface area contributed by atoms with Crippen molar-refractivity contribution < 1.29 is 56.9 Å². The number of benzene rings is 2. The molecule has 11 atom stereocenters. The number of aliphatic hydroxyl groups is 1. The number of hydrogen-bond donors (Lipinski definition) is 2. The molecule has 2 bridgehead atoms. The molecule has 2 aromatic carbocycles. The Hall–Kier alpha value is -4.78. The summed E-state index contributed by atoms with van der Waals surface area (Å²) in [6.45, 7) is 28.7. The van der Waals surface area contributed by atoms with Crippen LogP contribution in [0.3, 0.4) is 0 Å². The topological polar surface area (TPSA) is 173 Å². The molecule has 404 valence electrons. The number of nitrogens with one attached hydrogen (secondary N) is 1. The molecule has 1 amide bonds. The van der Waals surface area contributed by atoms with Crippen LogP contribution in [0.2, 0.25) is 36.3 Å². The summed E-state index contributed by atoms with van der Waals surface area (Å²) in [7, 11) is -5.18. The van der Waals surface area contributed by atoms with E-state index in [-0.39, 0.29) is 36.5 Å². The largest absolute Gasteiger partial charge is 0.456 e. The highest BCUT2D eigenvalue weighted by molar-refractivity contribution is 6.74. The Balaban J connectivity index is 1.60. The van der Waals surface area contributed by atoms with Crippen molar-refractivity contribution in [3.8, 4) is 0 Å². The fourth-order valence-corrected chi connectivity index (χ4v) is 18.2. The van der Waals surface area contributed by atoms with E-state index in [2.05, 4.69) is 39.2 Å². The maximum Gasteiger partial charge on any atom is 0.338 e. The molecule has 2 N–H and O–H groups in total. The van der Waals surface area contributed by atoms with Crippen molar-refractivity contribution in [3.63, 3.8) is 0 Å². The molecule has 0 radical (unpaired) electrons.